The van der Waals surface area contributed by atoms with Gasteiger partial charge in [-0.3, -0.25) is 10.1 Å². The van der Waals surface area contributed by atoms with Crippen LogP contribution in [-0.2, 0) is 9.57 Å². The van der Waals surface area contributed by atoms with Crippen LogP contribution in [0.4, 0.5) is 5.69 Å². The van der Waals surface area contributed by atoms with Gasteiger partial charge in [0.15, 0.2) is 0 Å². The zero-order chi connectivity index (χ0) is 17.6. The van der Waals surface area contributed by atoms with Gasteiger partial charge in [-0.1, -0.05) is 48.8 Å². The van der Waals surface area contributed by atoms with Crippen LogP contribution in [0.2, 0.25) is 0 Å². The normalized spacial score (nSPS) is 17.6. The van der Waals surface area contributed by atoms with Crippen molar-refractivity contribution in [1.82, 2.24) is 0 Å². The summed E-state index contributed by atoms with van der Waals surface area (Å²) in [5, 5.41) is 14.8. The summed E-state index contributed by atoms with van der Waals surface area (Å²) in [6.45, 7) is 2.12. The van der Waals surface area contributed by atoms with Crippen molar-refractivity contribution in [3.8, 4) is 0 Å². The highest BCUT2D eigenvalue weighted by atomic mass is 16.8. The van der Waals surface area contributed by atoms with Crippen molar-refractivity contribution in [2.45, 2.75) is 38.6 Å². The SMILES string of the molecule is CCC[C@H](OC1CC(c2ccc([N+](=O)[O-])cc2)=NO1)c1ccccc1. The van der Waals surface area contributed by atoms with Crippen molar-refractivity contribution < 1.29 is 14.5 Å². The first-order valence-electron chi connectivity index (χ1n) is 8.35. The Bertz CT molecular complexity index is 744. The minimum atomic E-state index is -0.443. The van der Waals surface area contributed by atoms with Gasteiger partial charge in [0, 0.05) is 17.7 Å². The Kier molecular flexibility index (Phi) is 5.40. The molecule has 1 heterocycles. The monoisotopic (exact) mass is 340 g/mol. The molecule has 0 saturated heterocycles. The van der Waals surface area contributed by atoms with Gasteiger partial charge in [0.1, 0.15) is 0 Å². The molecule has 0 fully saturated rings. The van der Waals surface area contributed by atoms with Crippen LogP contribution in [0.1, 0.15) is 43.4 Å². The second kappa shape index (κ2) is 7.90. The molecule has 1 unspecified atom stereocenters. The lowest BCUT2D eigenvalue weighted by Gasteiger charge is -2.20. The highest BCUT2D eigenvalue weighted by Crippen LogP contribution is 2.28. The second-order valence-corrected chi connectivity index (χ2v) is 5.91. The molecule has 0 N–H and O–H groups in total. The molecular weight excluding hydrogens is 320 g/mol. The summed E-state index contributed by atoms with van der Waals surface area (Å²) in [7, 11) is 0. The summed E-state index contributed by atoms with van der Waals surface area (Å²) < 4.78 is 6.11. The van der Waals surface area contributed by atoms with E-state index in [2.05, 4.69) is 12.1 Å². The van der Waals surface area contributed by atoms with E-state index in [1.807, 2.05) is 30.3 Å². The largest absolute Gasteiger partial charge is 0.363 e. The number of nitro groups is 1. The third-order valence-corrected chi connectivity index (χ3v) is 4.09. The summed E-state index contributed by atoms with van der Waals surface area (Å²) in [6.07, 6.45) is 1.94. The number of nitrogens with zero attached hydrogens (tertiary/aromatic N) is 2. The highest BCUT2D eigenvalue weighted by Gasteiger charge is 2.26. The van der Waals surface area contributed by atoms with E-state index in [0.717, 1.165) is 29.7 Å². The predicted octanol–water partition coefficient (Wildman–Crippen LogP) is 4.60. The fraction of sp³-hybridized carbons (Fsp3) is 0.316. The molecular formula is C19H20N2O4. The summed E-state index contributed by atoms with van der Waals surface area (Å²) in [5.41, 5.74) is 2.73. The van der Waals surface area contributed by atoms with Gasteiger partial charge in [0.25, 0.3) is 5.69 Å². The first kappa shape index (κ1) is 17.1. The van der Waals surface area contributed by atoms with Crippen molar-refractivity contribution >= 4 is 11.4 Å². The van der Waals surface area contributed by atoms with Gasteiger partial charge in [-0.2, -0.15) is 0 Å². The van der Waals surface area contributed by atoms with E-state index in [1.54, 1.807) is 12.1 Å². The van der Waals surface area contributed by atoms with Crippen LogP contribution in [0.5, 0.6) is 0 Å². The standard InChI is InChI=1S/C19H20N2O4/c1-2-6-18(15-7-4-3-5-8-15)24-19-13-17(20-25-19)14-9-11-16(12-10-14)21(22)23/h3-5,7-12,18-19H,2,6,13H2,1H3/t18-,19?/m0/s1. The number of hydrogen-bond donors (Lipinski definition) is 0. The van der Waals surface area contributed by atoms with E-state index in [4.69, 9.17) is 9.57 Å². The number of rotatable bonds is 7. The maximum absolute atomic E-state index is 10.7. The molecule has 0 saturated carbocycles. The zero-order valence-corrected chi connectivity index (χ0v) is 14.0. The lowest BCUT2D eigenvalue weighted by Crippen LogP contribution is -2.17. The van der Waals surface area contributed by atoms with Crippen LogP contribution in [0.15, 0.2) is 59.8 Å². The van der Waals surface area contributed by atoms with E-state index < -0.39 is 11.2 Å². The quantitative estimate of drug-likeness (QED) is 0.545. The molecule has 1 aliphatic rings. The zero-order valence-electron chi connectivity index (χ0n) is 14.0. The van der Waals surface area contributed by atoms with Gasteiger partial charge >= 0.3 is 0 Å². The molecule has 1 aliphatic heterocycles. The third kappa shape index (κ3) is 4.22. The van der Waals surface area contributed by atoms with Gasteiger partial charge in [-0.05, 0) is 24.1 Å². The molecule has 130 valence electrons. The summed E-state index contributed by atoms with van der Waals surface area (Å²) >= 11 is 0. The lowest BCUT2D eigenvalue weighted by atomic mass is 10.0. The Morgan fingerprint density at radius 3 is 2.60 bits per heavy atom. The number of ether oxygens (including phenoxy) is 1. The summed E-state index contributed by atoms with van der Waals surface area (Å²) in [5.74, 6) is 0. The number of nitro benzene ring substituents is 1. The van der Waals surface area contributed by atoms with Gasteiger partial charge in [0.2, 0.25) is 6.29 Å². The van der Waals surface area contributed by atoms with Crippen molar-refractivity contribution in [3.05, 3.63) is 75.8 Å². The van der Waals surface area contributed by atoms with Crippen molar-refractivity contribution in [3.63, 3.8) is 0 Å². The molecule has 0 aromatic heterocycles. The van der Waals surface area contributed by atoms with Crippen molar-refractivity contribution in [2.24, 2.45) is 5.16 Å². The Morgan fingerprint density at radius 2 is 1.96 bits per heavy atom. The molecule has 0 radical (unpaired) electrons. The molecule has 3 rings (SSSR count). The maximum atomic E-state index is 10.7. The van der Waals surface area contributed by atoms with Crippen LogP contribution < -0.4 is 0 Å². The highest BCUT2D eigenvalue weighted by molar-refractivity contribution is 6.01. The lowest BCUT2D eigenvalue weighted by molar-refractivity contribution is -0.384. The molecule has 0 aliphatic carbocycles. The molecule has 25 heavy (non-hydrogen) atoms. The summed E-state index contributed by atoms with van der Waals surface area (Å²) in [4.78, 5) is 15.7. The molecule has 0 bridgehead atoms. The first-order chi connectivity index (χ1) is 12.2. The van der Waals surface area contributed by atoms with Gasteiger partial charge < -0.3 is 9.57 Å². The van der Waals surface area contributed by atoms with E-state index in [0.29, 0.717) is 6.42 Å². The average molecular weight is 340 g/mol. The molecule has 6 heteroatoms. The van der Waals surface area contributed by atoms with Crippen LogP contribution >= 0.6 is 0 Å². The Hall–Kier alpha value is -2.73. The smallest absolute Gasteiger partial charge is 0.269 e. The Labute approximate surface area is 146 Å². The molecule has 2 aromatic carbocycles. The number of non-ortho nitro benzene ring substituents is 1. The third-order valence-electron chi connectivity index (χ3n) is 4.09. The Balaban J connectivity index is 1.64. The van der Waals surface area contributed by atoms with Crippen LogP contribution in [-0.4, -0.2) is 16.9 Å². The maximum Gasteiger partial charge on any atom is 0.269 e. The number of oxime groups is 1. The molecule has 6 nitrogen and oxygen atoms in total. The van der Waals surface area contributed by atoms with Crippen LogP contribution in [0, 0.1) is 10.1 Å². The molecule has 0 spiro atoms. The molecule has 0 amide bonds. The van der Waals surface area contributed by atoms with Gasteiger partial charge in [-0.15, -0.1) is 0 Å². The Morgan fingerprint density at radius 1 is 1.24 bits per heavy atom. The minimum absolute atomic E-state index is 0.0392. The summed E-state index contributed by atoms with van der Waals surface area (Å²) in [6, 6.07) is 16.4. The fourth-order valence-electron chi connectivity index (χ4n) is 2.80. The van der Waals surface area contributed by atoms with E-state index in [-0.39, 0.29) is 11.8 Å². The van der Waals surface area contributed by atoms with Gasteiger partial charge in [-0.25, -0.2) is 0 Å². The topological polar surface area (TPSA) is 74.0 Å². The van der Waals surface area contributed by atoms with Gasteiger partial charge in [0.05, 0.1) is 23.2 Å². The minimum Gasteiger partial charge on any atom is -0.363 e. The van der Waals surface area contributed by atoms with Crippen LogP contribution in [0.3, 0.4) is 0 Å². The molecule has 2 atom stereocenters. The van der Waals surface area contributed by atoms with Crippen LogP contribution in [0.25, 0.3) is 0 Å². The number of benzene rings is 2. The first-order valence-corrected chi connectivity index (χ1v) is 8.35. The van der Waals surface area contributed by atoms with Crippen molar-refractivity contribution in [2.75, 3.05) is 0 Å². The van der Waals surface area contributed by atoms with E-state index in [9.17, 15) is 10.1 Å². The van der Waals surface area contributed by atoms with E-state index >= 15 is 0 Å². The molecule has 2 aromatic rings. The van der Waals surface area contributed by atoms with Crippen molar-refractivity contribution in [1.29, 1.82) is 0 Å². The average Bonchev–Trinajstić information content (AvgIpc) is 3.11. The fourth-order valence-corrected chi connectivity index (χ4v) is 2.80. The number of hydrogen-bond acceptors (Lipinski definition) is 5. The second-order valence-electron chi connectivity index (χ2n) is 5.91. The van der Waals surface area contributed by atoms with E-state index in [1.165, 1.54) is 12.1 Å². The predicted molar refractivity (Wildman–Crippen MR) is 94.3 cm³/mol.